The molecule has 0 radical (unpaired) electrons. The lowest BCUT2D eigenvalue weighted by Gasteiger charge is -2.11. The second kappa shape index (κ2) is 10.1. The van der Waals surface area contributed by atoms with Gasteiger partial charge in [0.25, 0.3) is 5.91 Å². The maximum atomic E-state index is 12.3. The molecule has 3 aromatic rings. The van der Waals surface area contributed by atoms with Crippen LogP contribution in [0.4, 0.5) is 0 Å². The van der Waals surface area contributed by atoms with Crippen LogP contribution in [0.3, 0.4) is 0 Å². The number of hydrazine groups is 1. The van der Waals surface area contributed by atoms with Gasteiger partial charge in [0.2, 0.25) is 5.91 Å². The number of ether oxygens (including phenoxy) is 2. The van der Waals surface area contributed by atoms with Gasteiger partial charge in [-0.05, 0) is 42.8 Å². The normalized spacial score (nSPS) is 10.2. The average Bonchev–Trinajstić information content (AvgIpc) is 2.77. The van der Waals surface area contributed by atoms with Crippen molar-refractivity contribution >= 4 is 11.8 Å². The number of aryl methyl sites for hydroxylation is 1. The topological polar surface area (TPSA) is 76.7 Å². The van der Waals surface area contributed by atoms with Gasteiger partial charge in [0, 0.05) is 11.1 Å². The largest absolute Gasteiger partial charge is 0.496 e. The van der Waals surface area contributed by atoms with Gasteiger partial charge in [-0.2, -0.15) is 0 Å². The number of amides is 2. The fourth-order valence-electron chi connectivity index (χ4n) is 2.90. The number of hydrogen-bond acceptors (Lipinski definition) is 4. The SMILES string of the molecule is COc1ccc(C)cc1CC(=O)NNC(=O)c1ccc(COc2ccccc2)cc1. The number of methoxy groups -OCH3 is 1. The molecule has 154 valence electrons. The van der Waals surface area contributed by atoms with E-state index in [1.807, 2.05) is 67.6 Å². The second-order valence-electron chi connectivity index (χ2n) is 6.79. The number of rotatable bonds is 7. The van der Waals surface area contributed by atoms with Crippen molar-refractivity contribution in [3.05, 3.63) is 95.1 Å². The summed E-state index contributed by atoms with van der Waals surface area (Å²) in [6, 6.07) is 22.1. The van der Waals surface area contributed by atoms with E-state index in [4.69, 9.17) is 9.47 Å². The molecule has 0 saturated heterocycles. The standard InChI is InChI=1S/C24H24N2O4/c1-17-8-13-22(29-2)20(14-17)15-23(27)25-26-24(28)19-11-9-18(10-12-19)16-30-21-6-4-3-5-7-21/h3-14H,15-16H2,1-2H3,(H,25,27)(H,26,28). The van der Waals surface area contributed by atoms with Crippen molar-refractivity contribution in [1.29, 1.82) is 0 Å². The van der Waals surface area contributed by atoms with Gasteiger partial charge in [-0.3, -0.25) is 20.4 Å². The highest BCUT2D eigenvalue weighted by Gasteiger charge is 2.11. The van der Waals surface area contributed by atoms with Crippen LogP contribution in [0.1, 0.15) is 27.0 Å². The smallest absolute Gasteiger partial charge is 0.269 e. The van der Waals surface area contributed by atoms with E-state index in [1.165, 1.54) is 0 Å². The Morgan fingerprint density at radius 3 is 2.33 bits per heavy atom. The number of benzene rings is 3. The first kappa shape index (κ1) is 20.9. The molecule has 0 spiro atoms. The van der Waals surface area contributed by atoms with Crippen LogP contribution in [0.15, 0.2) is 72.8 Å². The first-order valence-electron chi connectivity index (χ1n) is 9.54. The van der Waals surface area contributed by atoms with Crippen molar-refractivity contribution in [2.75, 3.05) is 7.11 Å². The van der Waals surface area contributed by atoms with E-state index in [-0.39, 0.29) is 12.3 Å². The molecular weight excluding hydrogens is 380 g/mol. The lowest BCUT2D eigenvalue weighted by atomic mass is 10.1. The van der Waals surface area contributed by atoms with E-state index in [9.17, 15) is 9.59 Å². The van der Waals surface area contributed by atoms with Gasteiger partial charge < -0.3 is 9.47 Å². The Labute approximate surface area is 175 Å². The molecule has 6 heteroatoms. The molecule has 0 fully saturated rings. The minimum Gasteiger partial charge on any atom is -0.496 e. The molecule has 0 unspecified atom stereocenters. The zero-order valence-electron chi connectivity index (χ0n) is 17.0. The van der Waals surface area contributed by atoms with Crippen LogP contribution >= 0.6 is 0 Å². The van der Waals surface area contributed by atoms with Gasteiger partial charge >= 0.3 is 0 Å². The van der Waals surface area contributed by atoms with Crippen LogP contribution in [-0.4, -0.2) is 18.9 Å². The summed E-state index contributed by atoms with van der Waals surface area (Å²) in [5, 5.41) is 0. The van der Waals surface area contributed by atoms with Gasteiger partial charge in [0.15, 0.2) is 0 Å². The fraction of sp³-hybridized carbons (Fsp3) is 0.167. The van der Waals surface area contributed by atoms with Crippen LogP contribution in [0.2, 0.25) is 0 Å². The maximum Gasteiger partial charge on any atom is 0.269 e. The Balaban J connectivity index is 1.50. The fourth-order valence-corrected chi connectivity index (χ4v) is 2.90. The van der Waals surface area contributed by atoms with Gasteiger partial charge in [-0.1, -0.05) is 48.0 Å². The summed E-state index contributed by atoms with van der Waals surface area (Å²) < 4.78 is 11.0. The van der Waals surface area contributed by atoms with E-state index in [0.717, 1.165) is 22.4 Å². The summed E-state index contributed by atoms with van der Waals surface area (Å²) in [7, 11) is 1.56. The molecule has 0 aliphatic rings. The molecule has 2 N–H and O–H groups in total. The van der Waals surface area contributed by atoms with Crippen LogP contribution in [0.25, 0.3) is 0 Å². The predicted octanol–water partition coefficient (Wildman–Crippen LogP) is 3.59. The minimum atomic E-state index is -0.393. The maximum absolute atomic E-state index is 12.3. The molecule has 0 aliphatic carbocycles. The molecule has 0 heterocycles. The van der Waals surface area contributed by atoms with Crippen molar-refractivity contribution in [1.82, 2.24) is 10.9 Å². The molecule has 3 rings (SSSR count). The number of carbonyl (C=O) groups excluding carboxylic acids is 2. The molecular formula is C24H24N2O4. The first-order valence-corrected chi connectivity index (χ1v) is 9.54. The summed E-state index contributed by atoms with van der Waals surface area (Å²) in [5.41, 5.74) is 8.04. The quantitative estimate of drug-likeness (QED) is 0.590. The van der Waals surface area contributed by atoms with E-state index < -0.39 is 5.91 Å². The van der Waals surface area contributed by atoms with Crippen molar-refractivity contribution < 1.29 is 19.1 Å². The Bertz CT molecular complexity index is 1000. The van der Waals surface area contributed by atoms with E-state index in [0.29, 0.717) is 17.9 Å². The number of carbonyl (C=O) groups is 2. The van der Waals surface area contributed by atoms with Gasteiger partial charge in [-0.25, -0.2) is 0 Å². The van der Waals surface area contributed by atoms with E-state index in [2.05, 4.69) is 10.9 Å². The van der Waals surface area contributed by atoms with Gasteiger partial charge in [0.1, 0.15) is 18.1 Å². The van der Waals surface area contributed by atoms with E-state index >= 15 is 0 Å². The Hall–Kier alpha value is -3.80. The van der Waals surface area contributed by atoms with Crippen LogP contribution in [0, 0.1) is 6.92 Å². The van der Waals surface area contributed by atoms with Crippen molar-refractivity contribution in [3.8, 4) is 11.5 Å². The Kier molecular flexibility index (Phi) is 7.05. The summed E-state index contributed by atoms with van der Waals surface area (Å²) >= 11 is 0. The number of para-hydroxylation sites is 1. The minimum absolute atomic E-state index is 0.0981. The third-order valence-electron chi connectivity index (χ3n) is 4.47. The Morgan fingerprint density at radius 2 is 1.63 bits per heavy atom. The molecule has 0 atom stereocenters. The highest BCUT2D eigenvalue weighted by molar-refractivity contribution is 5.95. The summed E-state index contributed by atoms with van der Waals surface area (Å²) in [6.45, 7) is 2.35. The molecule has 2 amide bonds. The molecule has 30 heavy (non-hydrogen) atoms. The number of hydrogen-bond donors (Lipinski definition) is 2. The highest BCUT2D eigenvalue weighted by Crippen LogP contribution is 2.20. The molecule has 0 aromatic heterocycles. The second-order valence-corrected chi connectivity index (χ2v) is 6.79. The molecule has 0 aliphatic heterocycles. The zero-order valence-corrected chi connectivity index (χ0v) is 17.0. The predicted molar refractivity (Wildman–Crippen MR) is 114 cm³/mol. The monoisotopic (exact) mass is 404 g/mol. The third-order valence-corrected chi connectivity index (χ3v) is 4.47. The Morgan fingerprint density at radius 1 is 0.900 bits per heavy atom. The lowest BCUT2D eigenvalue weighted by Crippen LogP contribution is -2.42. The zero-order chi connectivity index (χ0) is 21.3. The van der Waals surface area contributed by atoms with Crippen molar-refractivity contribution in [3.63, 3.8) is 0 Å². The van der Waals surface area contributed by atoms with Crippen LogP contribution in [-0.2, 0) is 17.8 Å². The first-order chi connectivity index (χ1) is 14.5. The van der Waals surface area contributed by atoms with Crippen molar-refractivity contribution in [2.45, 2.75) is 20.0 Å². The van der Waals surface area contributed by atoms with Crippen LogP contribution < -0.4 is 20.3 Å². The lowest BCUT2D eigenvalue weighted by molar-refractivity contribution is -0.121. The molecule has 3 aromatic carbocycles. The summed E-state index contributed by atoms with van der Waals surface area (Å²) in [5.74, 6) is 0.692. The molecule has 0 bridgehead atoms. The molecule has 0 saturated carbocycles. The molecule has 6 nitrogen and oxygen atoms in total. The highest BCUT2D eigenvalue weighted by atomic mass is 16.5. The summed E-state index contributed by atoms with van der Waals surface area (Å²) in [4.78, 5) is 24.5. The van der Waals surface area contributed by atoms with Crippen LogP contribution in [0.5, 0.6) is 11.5 Å². The van der Waals surface area contributed by atoms with Gasteiger partial charge in [-0.15, -0.1) is 0 Å². The third kappa shape index (κ3) is 5.85. The summed E-state index contributed by atoms with van der Waals surface area (Å²) in [6.07, 6.45) is 0.0981. The number of nitrogens with one attached hydrogen (secondary N) is 2. The van der Waals surface area contributed by atoms with E-state index in [1.54, 1.807) is 19.2 Å². The van der Waals surface area contributed by atoms with Crippen molar-refractivity contribution in [2.24, 2.45) is 0 Å². The average molecular weight is 404 g/mol. The van der Waals surface area contributed by atoms with Gasteiger partial charge in [0.05, 0.1) is 13.5 Å².